The first-order chi connectivity index (χ1) is 8.37. The van der Waals surface area contributed by atoms with Crippen molar-refractivity contribution in [1.29, 1.82) is 0 Å². The number of methoxy groups -OCH3 is 1. The molecule has 1 aromatic rings. The van der Waals surface area contributed by atoms with Gasteiger partial charge in [-0.05, 0) is 44.2 Å². The van der Waals surface area contributed by atoms with E-state index in [1.165, 1.54) is 12.7 Å². The molecule has 98 valence electrons. The highest BCUT2D eigenvalue weighted by Crippen LogP contribution is 2.36. The van der Waals surface area contributed by atoms with Crippen molar-refractivity contribution in [3.63, 3.8) is 0 Å². The fraction of sp³-hybridized carbons (Fsp3) is 0.533. The average molecular weight is 247 g/mol. The Balaban J connectivity index is 2.23. The van der Waals surface area contributed by atoms with Crippen LogP contribution in [0.3, 0.4) is 0 Å². The van der Waals surface area contributed by atoms with Gasteiger partial charge in [-0.3, -0.25) is 4.79 Å². The molecule has 0 atom stereocenters. The summed E-state index contributed by atoms with van der Waals surface area (Å²) in [6, 6.07) is 8.10. The second kappa shape index (κ2) is 4.39. The Morgan fingerprint density at radius 1 is 1.44 bits per heavy atom. The number of ether oxygens (including phenoxy) is 1. The first-order valence-corrected chi connectivity index (χ1v) is 6.34. The topological polar surface area (TPSA) is 52.3 Å². The largest absolute Gasteiger partial charge is 0.468 e. The van der Waals surface area contributed by atoms with Crippen molar-refractivity contribution in [1.82, 2.24) is 0 Å². The van der Waals surface area contributed by atoms with Crippen molar-refractivity contribution in [2.75, 3.05) is 7.11 Å². The summed E-state index contributed by atoms with van der Waals surface area (Å²) in [5.41, 5.74) is 7.69. The Morgan fingerprint density at radius 2 is 2.11 bits per heavy atom. The van der Waals surface area contributed by atoms with E-state index in [2.05, 4.69) is 12.1 Å². The van der Waals surface area contributed by atoms with E-state index < -0.39 is 5.41 Å². The maximum absolute atomic E-state index is 11.8. The van der Waals surface area contributed by atoms with Gasteiger partial charge in [-0.1, -0.05) is 24.3 Å². The summed E-state index contributed by atoms with van der Waals surface area (Å²) in [4.78, 5) is 11.8. The van der Waals surface area contributed by atoms with Crippen molar-refractivity contribution >= 4 is 5.97 Å². The van der Waals surface area contributed by atoms with Crippen LogP contribution in [0.2, 0.25) is 0 Å². The third-order valence-electron chi connectivity index (χ3n) is 3.79. The third kappa shape index (κ3) is 2.56. The lowest BCUT2D eigenvalue weighted by molar-refractivity contribution is -0.146. The Morgan fingerprint density at radius 3 is 2.67 bits per heavy atom. The maximum atomic E-state index is 11.8. The minimum atomic E-state index is -0.615. The SMILES string of the molecule is COC(=O)C(C)(C)c1cccc(CC2(N)CC2)c1. The van der Waals surface area contributed by atoms with Gasteiger partial charge in [0.25, 0.3) is 0 Å². The molecule has 3 heteroatoms. The predicted octanol–water partition coefficient (Wildman–Crippen LogP) is 2.17. The molecule has 0 aromatic heterocycles. The molecule has 0 heterocycles. The van der Waals surface area contributed by atoms with Gasteiger partial charge in [0.15, 0.2) is 0 Å². The highest BCUT2D eigenvalue weighted by atomic mass is 16.5. The van der Waals surface area contributed by atoms with Gasteiger partial charge in [0.1, 0.15) is 0 Å². The molecule has 0 spiro atoms. The van der Waals surface area contributed by atoms with Crippen molar-refractivity contribution < 1.29 is 9.53 Å². The molecule has 2 N–H and O–H groups in total. The molecule has 1 aliphatic carbocycles. The number of carbonyl (C=O) groups is 1. The maximum Gasteiger partial charge on any atom is 0.315 e. The quantitative estimate of drug-likeness (QED) is 0.830. The molecule has 1 aromatic carbocycles. The van der Waals surface area contributed by atoms with Gasteiger partial charge in [0, 0.05) is 5.54 Å². The minimum Gasteiger partial charge on any atom is -0.468 e. The molecule has 0 unspecified atom stereocenters. The fourth-order valence-electron chi connectivity index (χ4n) is 2.19. The summed E-state index contributed by atoms with van der Waals surface area (Å²) in [5, 5.41) is 0. The first kappa shape index (κ1) is 13.1. The lowest BCUT2D eigenvalue weighted by atomic mass is 9.83. The molecule has 1 saturated carbocycles. The second-order valence-electron chi connectivity index (χ2n) is 5.86. The van der Waals surface area contributed by atoms with Crippen LogP contribution in [-0.4, -0.2) is 18.6 Å². The lowest BCUT2D eigenvalue weighted by Crippen LogP contribution is -2.30. The van der Waals surface area contributed by atoms with Gasteiger partial charge < -0.3 is 10.5 Å². The molecule has 0 radical (unpaired) electrons. The van der Waals surface area contributed by atoms with Gasteiger partial charge in [-0.15, -0.1) is 0 Å². The van der Waals surface area contributed by atoms with Crippen LogP contribution in [0, 0.1) is 0 Å². The zero-order valence-corrected chi connectivity index (χ0v) is 11.3. The summed E-state index contributed by atoms with van der Waals surface area (Å²) in [6.07, 6.45) is 3.08. The Bertz CT molecular complexity index is 461. The minimum absolute atomic E-state index is 0.00592. The van der Waals surface area contributed by atoms with E-state index in [-0.39, 0.29) is 11.5 Å². The molecule has 0 bridgehead atoms. The van der Waals surface area contributed by atoms with E-state index in [4.69, 9.17) is 10.5 Å². The second-order valence-corrected chi connectivity index (χ2v) is 5.86. The molecule has 1 fully saturated rings. The fourth-order valence-corrected chi connectivity index (χ4v) is 2.19. The molecule has 18 heavy (non-hydrogen) atoms. The van der Waals surface area contributed by atoms with Crippen LogP contribution in [0.4, 0.5) is 0 Å². The van der Waals surface area contributed by atoms with Crippen LogP contribution in [0.1, 0.15) is 37.8 Å². The van der Waals surface area contributed by atoms with Crippen molar-refractivity contribution in [2.45, 2.75) is 44.1 Å². The van der Waals surface area contributed by atoms with Gasteiger partial charge in [-0.25, -0.2) is 0 Å². The number of hydrogen-bond donors (Lipinski definition) is 1. The van der Waals surface area contributed by atoms with Crippen LogP contribution < -0.4 is 5.73 Å². The monoisotopic (exact) mass is 247 g/mol. The molecular formula is C15H21NO2. The summed E-state index contributed by atoms with van der Waals surface area (Å²) in [5.74, 6) is -0.214. The molecule has 0 aliphatic heterocycles. The van der Waals surface area contributed by atoms with Crippen molar-refractivity contribution in [3.8, 4) is 0 Å². The smallest absolute Gasteiger partial charge is 0.315 e. The van der Waals surface area contributed by atoms with Crippen LogP contribution >= 0.6 is 0 Å². The zero-order valence-electron chi connectivity index (χ0n) is 11.3. The van der Waals surface area contributed by atoms with Gasteiger partial charge >= 0.3 is 5.97 Å². The molecule has 2 rings (SSSR count). The number of carbonyl (C=O) groups excluding carboxylic acids is 1. The lowest BCUT2D eigenvalue weighted by Gasteiger charge is -2.23. The van der Waals surface area contributed by atoms with Crippen molar-refractivity contribution in [3.05, 3.63) is 35.4 Å². The standard InChI is InChI=1S/C15H21NO2/c1-14(2,13(17)18-3)12-6-4-5-11(9-12)10-15(16)7-8-15/h4-6,9H,7-8,10,16H2,1-3H3. The Kier molecular flexibility index (Phi) is 3.20. The third-order valence-corrected chi connectivity index (χ3v) is 3.79. The Hall–Kier alpha value is -1.35. The van der Waals surface area contributed by atoms with E-state index in [0.29, 0.717) is 0 Å². The van der Waals surface area contributed by atoms with Gasteiger partial charge in [0.2, 0.25) is 0 Å². The highest BCUT2D eigenvalue weighted by molar-refractivity contribution is 5.82. The van der Waals surface area contributed by atoms with E-state index in [0.717, 1.165) is 24.8 Å². The van der Waals surface area contributed by atoms with Crippen molar-refractivity contribution in [2.24, 2.45) is 5.73 Å². The van der Waals surface area contributed by atoms with Crippen LogP contribution in [0.25, 0.3) is 0 Å². The number of benzene rings is 1. The number of hydrogen-bond acceptors (Lipinski definition) is 3. The van der Waals surface area contributed by atoms with Crippen LogP contribution in [-0.2, 0) is 21.4 Å². The van der Waals surface area contributed by atoms with Crippen LogP contribution in [0.5, 0.6) is 0 Å². The first-order valence-electron chi connectivity index (χ1n) is 6.34. The zero-order chi connectivity index (χ0) is 13.4. The Labute approximate surface area is 108 Å². The van der Waals surface area contributed by atoms with E-state index in [1.54, 1.807) is 0 Å². The molecule has 1 aliphatic rings. The van der Waals surface area contributed by atoms with Crippen LogP contribution in [0.15, 0.2) is 24.3 Å². The average Bonchev–Trinajstić information content (AvgIpc) is 3.05. The molecule has 0 saturated heterocycles. The van der Waals surface area contributed by atoms with E-state index >= 15 is 0 Å². The molecule has 0 amide bonds. The van der Waals surface area contributed by atoms with E-state index in [9.17, 15) is 4.79 Å². The van der Waals surface area contributed by atoms with E-state index in [1.807, 2.05) is 26.0 Å². The van der Waals surface area contributed by atoms with Gasteiger partial charge in [0.05, 0.1) is 12.5 Å². The summed E-state index contributed by atoms with van der Waals surface area (Å²) < 4.78 is 4.86. The summed E-state index contributed by atoms with van der Waals surface area (Å²) in [7, 11) is 1.42. The number of esters is 1. The normalized spacial score (nSPS) is 17.3. The van der Waals surface area contributed by atoms with Gasteiger partial charge in [-0.2, -0.15) is 0 Å². The number of nitrogens with two attached hydrogens (primary N) is 1. The molecular weight excluding hydrogens is 226 g/mol. The summed E-state index contributed by atoms with van der Waals surface area (Å²) in [6.45, 7) is 3.76. The molecule has 3 nitrogen and oxygen atoms in total. The predicted molar refractivity (Wildman–Crippen MR) is 71.3 cm³/mol. The summed E-state index contributed by atoms with van der Waals surface area (Å²) >= 11 is 0. The number of rotatable bonds is 4. The highest BCUT2D eigenvalue weighted by Gasteiger charge is 2.38.